The van der Waals surface area contributed by atoms with Gasteiger partial charge in [-0.15, -0.1) is 0 Å². The van der Waals surface area contributed by atoms with Crippen LogP contribution in [0.2, 0.25) is 5.15 Å². The van der Waals surface area contributed by atoms with Crippen molar-refractivity contribution in [3.05, 3.63) is 58.9 Å². The Labute approximate surface area is 117 Å². The summed E-state index contributed by atoms with van der Waals surface area (Å²) in [5.74, 6) is -0.0736. The first kappa shape index (κ1) is 13.6. The second kappa shape index (κ2) is 5.85. The van der Waals surface area contributed by atoms with Gasteiger partial charge in [0.05, 0.1) is 5.56 Å². The molecule has 19 heavy (non-hydrogen) atoms. The van der Waals surface area contributed by atoms with Crippen molar-refractivity contribution >= 4 is 23.2 Å². The van der Waals surface area contributed by atoms with E-state index in [1.807, 2.05) is 38.1 Å². The number of carbonyl (C=O) groups is 1. The van der Waals surface area contributed by atoms with E-state index < -0.39 is 0 Å². The summed E-state index contributed by atoms with van der Waals surface area (Å²) in [4.78, 5) is 18.1. The second-order valence-corrected chi connectivity index (χ2v) is 4.64. The number of hydrogen-bond acceptors (Lipinski definition) is 2. The van der Waals surface area contributed by atoms with Crippen LogP contribution >= 0.6 is 11.6 Å². The molecule has 0 unspecified atom stereocenters. The van der Waals surface area contributed by atoms with Gasteiger partial charge in [0.2, 0.25) is 0 Å². The SMILES string of the molecule is CCN(C(=O)c1ccc(Cl)nc1)c1ccc(C)cc1. The minimum absolute atomic E-state index is 0.0736. The Hall–Kier alpha value is -1.87. The zero-order valence-corrected chi connectivity index (χ0v) is 11.7. The Balaban J connectivity index is 2.29. The van der Waals surface area contributed by atoms with Crippen LogP contribution in [0.15, 0.2) is 42.6 Å². The highest BCUT2D eigenvalue weighted by Gasteiger charge is 2.16. The fourth-order valence-corrected chi connectivity index (χ4v) is 1.94. The lowest BCUT2D eigenvalue weighted by atomic mass is 10.2. The van der Waals surface area contributed by atoms with E-state index in [9.17, 15) is 4.79 Å². The van der Waals surface area contributed by atoms with Crippen LogP contribution in [0.4, 0.5) is 5.69 Å². The smallest absolute Gasteiger partial charge is 0.259 e. The Morgan fingerprint density at radius 2 is 1.89 bits per heavy atom. The summed E-state index contributed by atoms with van der Waals surface area (Å²) in [6.45, 7) is 4.57. The summed E-state index contributed by atoms with van der Waals surface area (Å²) < 4.78 is 0. The molecule has 4 heteroatoms. The molecule has 1 amide bonds. The summed E-state index contributed by atoms with van der Waals surface area (Å²) in [7, 11) is 0. The first-order valence-corrected chi connectivity index (χ1v) is 6.49. The maximum absolute atomic E-state index is 12.4. The summed E-state index contributed by atoms with van der Waals surface area (Å²) in [5, 5.41) is 0.384. The molecule has 1 heterocycles. The first-order chi connectivity index (χ1) is 9.11. The number of aromatic nitrogens is 1. The van der Waals surface area contributed by atoms with Gasteiger partial charge in [0, 0.05) is 18.4 Å². The molecule has 0 aliphatic carbocycles. The molecule has 0 saturated carbocycles. The highest BCUT2D eigenvalue weighted by Crippen LogP contribution is 2.18. The van der Waals surface area contributed by atoms with Crippen LogP contribution in [-0.4, -0.2) is 17.4 Å². The van der Waals surface area contributed by atoms with E-state index in [4.69, 9.17) is 11.6 Å². The third kappa shape index (κ3) is 3.12. The Bertz CT molecular complexity index is 564. The number of amides is 1. The molecule has 0 N–H and O–H groups in total. The van der Waals surface area contributed by atoms with Gasteiger partial charge >= 0.3 is 0 Å². The Morgan fingerprint density at radius 1 is 1.21 bits per heavy atom. The molecule has 1 aromatic carbocycles. The molecule has 3 nitrogen and oxygen atoms in total. The molecular formula is C15H15ClN2O. The van der Waals surface area contributed by atoms with Gasteiger partial charge in [0.15, 0.2) is 0 Å². The predicted molar refractivity (Wildman–Crippen MR) is 77.8 cm³/mol. The van der Waals surface area contributed by atoms with Crippen molar-refractivity contribution in [2.24, 2.45) is 0 Å². The Morgan fingerprint density at radius 3 is 2.42 bits per heavy atom. The van der Waals surface area contributed by atoms with Crippen molar-refractivity contribution in [1.29, 1.82) is 0 Å². The number of rotatable bonds is 3. The summed E-state index contributed by atoms with van der Waals surface area (Å²) in [6, 6.07) is 11.2. The minimum atomic E-state index is -0.0736. The Kier molecular flexibility index (Phi) is 4.17. The number of nitrogens with zero attached hydrogens (tertiary/aromatic N) is 2. The van der Waals surface area contributed by atoms with Gasteiger partial charge in [-0.2, -0.15) is 0 Å². The molecule has 1 aromatic heterocycles. The van der Waals surface area contributed by atoms with E-state index in [0.29, 0.717) is 17.3 Å². The molecule has 2 aromatic rings. The topological polar surface area (TPSA) is 33.2 Å². The molecule has 0 saturated heterocycles. The van der Waals surface area contributed by atoms with E-state index in [2.05, 4.69) is 4.98 Å². The predicted octanol–water partition coefficient (Wildman–Crippen LogP) is 3.71. The van der Waals surface area contributed by atoms with Gasteiger partial charge in [0.25, 0.3) is 5.91 Å². The highest BCUT2D eigenvalue weighted by molar-refractivity contribution is 6.29. The van der Waals surface area contributed by atoms with Crippen molar-refractivity contribution in [2.75, 3.05) is 11.4 Å². The number of halogens is 1. The number of anilines is 1. The van der Waals surface area contributed by atoms with Crippen LogP contribution in [0.1, 0.15) is 22.8 Å². The van der Waals surface area contributed by atoms with Crippen LogP contribution in [0.25, 0.3) is 0 Å². The van der Waals surface area contributed by atoms with E-state index in [0.717, 1.165) is 5.69 Å². The molecular weight excluding hydrogens is 260 g/mol. The second-order valence-electron chi connectivity index (χ2n) is 4.25. The van der Waals surface area contributed by atoms with Gasteiger partial charge in [0.1, 0.15) is 5.15 Å². The maximum Gasteiger partial charge on any atom is 0.259 e. The number of carbonyl (C=O) groups excluding carboxylic acids is 1. The van der Waals surface area contributed by atoms with Crippen molar-refractivity contribution in [2.45, 2.75) is 13.8 Å². The fourth-order valence-electron chi connectivity index (χ4n) is 1.83. The lowest BCUT2D eigenvalue weighted by molar-refractivity contribution is 0.0988. The lowest BCUT2D eigenvalue weighted by Gasteiger charge is -2.21. The van der Waals surface area contributed by atoms with Gasteiger partial charge in [-0.05, 0) is 38.1 Å². The molecule has 0 aliphatic rings. The van der Waals surface area contributed by atoms with Crippen LogP contribution in [0, 0.1) is 6.92 Å². The highest BCUT2D eigenvalue weighted by atomic mass is 35.5. The van der Waals surface area contributed by atoms with Gasteiger partial charge in [-0.25, -0.2) is 4.98 Å². The first-order valence-electron chi connectivity index (χ1n) is 6.12. The molecule has 2 rings (SSSR count). The maximum atomic E-state index is 12.4. The minimum Gasteiger partial charge on any atom is -0.309 e. The molecule has 0 spiro atoms. The summed E-state index contributed by atoms with van der Waals surface area (Å²) in [6.07, 6.45) is 1.50. The van der Waals surface area contributed by atoms with E-state index >= 15 is 0 Å². The zero-order valence-electron chi connectivity index (χ0n) is 10.9. The molecule has 0 aliphatic heterocycles. The molecule has 0 radical (unpaired) electrons. The summed E-state index contributed by atoms with van der Waals surface area (Å²) >= 11 is 5.73. The average Bonchev–Trinajstić information content (AvgIpc) is 2.42. The zero-order chi connectivity index (χ0) is 13.8. The standard InChI is InChI=1S/C15H15ClN2O/c1-3-18(13-7-4-11(2)5-8-13)15(19)12-6-9-14(16)17-10-12/h4-10H,3H2,1-2H3. The quantitative estimate of drug-likeness (QED) is 0.800. The van der Waals surface area contributed by atoms with E-state index in [-0.39, 0.29) is 5.91 Å². The largest absolute Gasteiger partial charge is 0.309 e. The van der Waals surface area contributed by atoms with Gasteiger partial charge in [-0.1, -0.05) is 29.3 Å². The number of benzene rings is 1. The van der Waals surface area contributed by atoms with Crippen LogP contribution in [0.3, 0.4) is 0 Å². The third-order valence-electron chi connectivity index (χ3n) is 2.88. The van der Waals surface area contributed by atoms with Crippen molar-refractivity contribution < 1.29 is 4.79 Å². The number of pyridine rings is 1. The molecule has 98 valence electrons. The van der Waals surface area contributed by atoms with Crippen LogP contribution in [0.5, 0.6) is 0 Å². The average molecular weight is 275 g/mol. The summed E-state index contributed by atoms with van der Waals surface area (Å²) in [5.41, 5.74) is 2.58. The van der Waals surface area contributed by atoms with Gasteiger partial charge < -0.3 is 4.90 Å². The third-order valence-corrected chi connectivity index (χ3v) is 3.10. The fraction of sp³-hybridized carbons (Fsp3) is 0.200. The number of hydrogen-bond donors (Lipinski definition) is 0. The van der Waals surface area contributed by atoms with Crippen molar-refractivity contribution in [3.8, 4) is 0 Å². The van der Waals surface area contributed by atoms with Crippen molar-refractivity contribution in [1.82, 2.24) is 4.98 Å². The monoisotopic (exact) mass is 274 g/mol. The van der Waals surface area contributed by atoms with Gasteiger partial charge in [-0.3, -0.25) is 4.79 Å². The molecule has 0 fully saturated rings. The number of aryl methyl sites for hydroxylation is 1. The normalized spacial score (nSPS) is 10.3. The van der Waals surface area contributed by atoms with Crippen molar-refractivity contribution in [3.63, 3.8) is 0 Å². The van der Waals surface area contributed by atoms with Crippen LogP contribution in [-0.2, 0) is 0 Å². The van der Waals surface area contributed by atoms with E-state index in [1.165, 1.54) is 11.8 Å². The molecule has 0 bridgehead atoms. The van der Waals surface area contributed by atoms with E-state index in [1.54, 1.807) is 17.0 Å². The lowest BCUT2D eigenvalue weighted by Crippen LogP contribution is -2.30. The molecule has 0 atom stereocenters. The van der Waals surface area contributed by atoms with Crippen LogP contribution < -0.4 is 4.90 Å².